The Morgan fingerprint density at radius 2 is 1.81 bits per heavy atom. The van der Waals surface area contributed by atoms with E-state index in [9.17, 15) is 8.42 Å². The molecule has 0 spiro atoms. The minimum Gasteiger partial charge on any atom is -0.398 e. The van der Waals surface area contributed by atoms with Crippen LogP contribution in [0.15, 0.2) is 29.3 Å². The molecule has 0 amide bonds. The first-order valence-corrected chi connectivity index (χ1v) is 8.09. The zero-order valence-electron chi connectivity index (χ0n) is 11.9. The second-order valence-electron chi connectivity index (χ2n) is 4.82. The van der Waals surface area contributed by atoms with E-state index < -0.39 is 10.0 Å². The third kappa shape index (κ3) is 2.96. The maximum atomic E-state index is 12.6. The number of pyridine rings is 1. The highest BCUT2D eigenvalue weighted by atomic mass is 35.5. The molecule has 0 saturated carbocycles. The molecule has 0 atom stereocenters. The summed E-state index contributed by atoms with van der Waals surface area (Å²) in [5.74, 6) is 0. The highest BCUT2D eigenvalue weighted by Gasteiger charge is 2.22. The molecule has 3 N–H and O–H groups in total. The minimum atomic E-state index is -3.80. The number of halogens is 1. The van der Waals surface area contributed by atoms with Gasteiger partial charge in [0, 0.05) is 11.9 Å². The van der Waals surface area contributed by atoms with Crippen molar-refractivity contribution in [2.75, 3.05) is 10.5 Å². The fourth-order valence-electron chi connectivity index (χ4n) is 2.09. The summed E-state index contributed by atoms with van der Waals surface area (Å²) in [6.07, 6.45) is 1.52. The summed E-state index contributed by atoms with van der Waals surface area (Å²) < 4.78 is 27.8. The molecular formula is C14H16ClN3O2S. The van der Waals surface area contributed by atoms with E-state index >= 15 is 0 Å². The highest BCUT2D eigenvalue weighted by molar-refractivity contribution is 7.92. The number of nitrogen functional groups attached to an aromatic ring is 1. The SMILES string of the molecule is Cc1ccnc(Cl)c1NS(=O)(=O)c1c(C)ccc(N)c1C. The topological polar surface area (TPSA) is 85.1 Å². The molecule has 2 rings (SSSR count). The van der Waals surface area contributed by atoms with Crippen molar-refractivity contribution in [3.05, 3.63) is 46.2 Å². The monoisotopic (exact) mass is 325 g/mol. The Balaban J connectivity index is 2.57. The summed E-state index contributed by atoms with van der Waals surface area (Å²) >= 11 is 5.97. The fourth-order valence-corrected chi connectivity index (χ4v) is 4.04. The van der Waals surface area contributed by atoms with Crippen LogP contribution in [-0.2, 0) is 10.0 Å². The summed E-state index contributed by atoms with van der Waals surface area (Å²) in [6, 6.07) is 5.05. The van der Waals surface area contributed by atoms with Crippen LogP contribution >= 0.6 is 11.6 Å². The molecule has 1 heterocycles. The first-order chi connectivity index (χ1) is 9.74. The molecule has 0 aliphatic heterocycles. The molecule has 0 radical (unpaired) electrons. The fraction of sp³-hybridized carbons (Fsp3) is 0.214. The van der Waals surface area contributed by atoms with E-state index in [4.69, 9.17) is 17.3 Å². The number of nitrogens with two attached hydrogens (primary N) is 1. The molecule has 112 valence electrons. The summed E-state index contributed by atoms with van der Waals surface area (Å²) in [6.45, 7) is 5.15. The smallest absolute Gasteiger partial charge is 0.262 e. The Morgan fingerprint density at radius 3 is 2.43 bits per heavy atom. The van der Waals surface area contributed by atoms with E-state index in [0.29, 0.717) is 22.4 Å². The van der Waals surface area contributed by atoms with Gasteiger partial charge in [0.05, 0.1) is 10.6 Å². The lowest BCUT2D eigenvalue weighted by molar-refractivity contribution is 0.600. The third-order valence-corrected chi connectivity index (χ3v) is 5.19. The lowest BCUT2D eigenvalue weighted by atomic mass is 10.1. The van der Waals surface area contributed by atoms with Crippen molar-refractivity contribution in [2.45, 2.75) is 25.7 Å². The predicted molar refractivity (Wildman–Crippen MR) is 85.1 cm³/mol. The van der Waals surface area contributed by atoms with E-state index in [1.54, 1.807) is 39.0 Å². The van der Waals surface area contributed by atoms with Gasteiger partial charge in [0.2, 0.25) is 0 Å². The van der Waals surface area contributed by atoms with Crippen molar-refractivity contribution in [1.82, 2.24) is 4.98 Å². The molecule has 0 unspecified atom stereocenters. The van der Waals surface area contributed by atoms with Gasteiger partial charge in [-0.1, -0.05) is 17.7 Å². The van der Waals surface area contributed by atoms with Gasteiger partial charge in [0.25, 0.3) is 10.0 Å². The number of anilines is 2. The number of rotatable bonds is 3. The zero-order chi connectivity index (χ0) is 15.8. The lowest BCUT2D eigenvalue weighted by Gasteiger charge is -2.16. The van der Waals surface area contributed by atoms with Crippen LogP contribution in [-0.4, -0.2) is 13.4 Å². The van der Waals surface area contributed by atoms with Crippen LogP contribution in [0.5, 0.6) is 0 Å². The second kappa shape index (κ2) is 5.54. The Kier molecular flexibility index (Phi) is 4.11. The van der Waals surface area contributed by atoms with Crippen LogP contribution in [0, 0.1) is 20.8 Å². The van der Waals surface area contributed by atoms with Gasteiger partial charge >= 0.3 is 0 Å². The van der Waals surface area contributed by atoms with Gasteiger partial charge < -0.3 is 5.73 Å². The number of hydrogen-bond donors (Lipinski definition) is 2. The second-order valence-corrected chi connectivity index (χ2v) is 6.80. The van der Waals surface area contributed by atoms with Crippen LogP contribution in [0.3, 0.4) is 0 Å². The van der Waals surface area contributed by atoms with Gasteiger partial charge in [-0.25, -0.2) is 13.4 Å². The molecule has 21 heavy (non-hydrogen) atoms. The maximum absolute atomic E-state index is 12.6. The summed E-state index contributed by atoms with van der Waals surface area (Å²) in [5.41, 5.74) is 8.34. The van der Waals surface area contributed by atoms with Gasteiger partial charge in [0.15, 0.2) is 5.15 Å². The molecule has 1 aromatic heterocycles. The van der Waals surface area contributed by atoms with Gasteiger partial charge in [0.1, 0.15) is 0 Å². The predicted octanol–water partition coefficient (Wildman–Crippen LogP) is 3.04. The molecule has 0 saturated heterocycles. The molecule has 1 aromatic carbocycles. The number of aromatic nitrogens is 1. The van der Waals surface area contributed by atoms with Crippen LogP contribution in [0.1, 0.15) is 16.7 Å². The van der Waals surface area contributed by atoms with E-state index in [-0.39, 0.29) is 15.7 Å². The van der Waals surface area contributed by atoms with Gasteiger partial charge in [-0.2, -0.15) is 0 Å². The van der Waals surface area contributed by atoms with Gasteiger partial charge in [-0.05, 0) is 49.6 Å². The number of sulfonamides is 1. The molecular weight excluding hydrogens is 310 g/mol. The first-order valence-electron chi connectivity index (χ1n) is 6.23. The van der Waals surface area contributed by atoms with Crippen LogP contribution in [0.2, 0.25) is 5.15 Å². The van der Waals surface area contributed by atoms with Crippen molar-refractivity contribution in [3.63, 3.8) is 0 Å². The summed E-state index contributed by atoms with van der Waals surface area (Å²) in [5, 5.41) is 0.109. The number of benzene rings is 1. The molecule has 0 fully saturated rings. The number of nitrogens with one attached hydrogen (secondary N) is 1. The summed E-state index contributed by atoms with van der Waals surface area (Å²) in [4.78, 5) is 4.06. The van der Waals surface area contributed by atoms with Gasteiger partial charge in [-0.3, -0.25) is 4.72 Å². The van der Waals surface area contributed by atoms with E-state index in [1.807, 2.05) is 0 Å². The average molecular weight is 326 g/mol. The molecule has 2 aromatic rings. The van der Waals surface area contributed by atoms with Crippen LogP contribution in [0.4, 0.5) is 11.4 Å². The molecule has 7 heteroatoms. The van der Waals surface area contributed by atoms with Crippen molar-refractivity contribution in [2.24, 2.45) is 0 Å². The van der Waals surface area contributed by atoms with E-state index in [1.165, 1.54) is 6.20 Å². The van der Waals surface area contributed by atoms with Crippen LogP contribution in [0.25, 0.3) is 0 Å². The normalized spacial score (nSPS) is 11.4. The summed E-state index contributed by atoms with van der Waals surface area (Å²) in [7, 11) is -3.80. The van der Waals surface area contributed by atoms with Crippen molar-refractivity contribution in [1.29, 1.82) is 0 Å². The van der Waals surface area contributed by atoms with E-state index in [0.717, 1.165) is 0 Å². The molecule has 0 aliphatic rings. The van der Waals surface area contributed by atoms with Crippen LogP contribution < -0.4 is 10.5 Å². The molecule has 0 aliphatic carbocycles. The lowest BCUT2D eigenvalue weighted by Crippen LogP contribution is -2.17. The van der Waals surface area contributed by atoms with Gasteiger partial charge in [-0.15, -0.1) is 0 Å². The quantitative estimate of drug-likeness (QED) is 0.671. The largest absolute Gasteiger partial charge is 0.398 e. The minimum absolute atomic E-state index is 0.109. The van der Waals surface area contributed by atoms with E-state index in [2.05, 4.69) is 9.71 Å². The Bertz CT molecular complexity index is 784. The highest BCUT2D eigenvalue weighted by Crippen LogP contribution is 2.30. The Morgan fingerprint density at radius 1 is 1.14 bits per heavy atom. The standard InChI is InChI=1S/C14H16ClN3O2S/c1-8-6-7-17-14(15)12(8)18-21(19,20)13-9(2)4-5-11(16)10(13)3/h4-7,18H,16H2,1-3H3. The Hall–Kier alpha value is -1.79. The maximum Gasteiger partial charge on any atom is 0.262 e. The number of hydrogen-bond acceptors (Lipinski definition) is 4. The van der Waals surface area contributed by atoms with Crippen molar-refractivity contribution < 1.29 is 8.42 Å². The molecule has 0 bridgehead atoms. The Labute approximate surface area is 129 Å². The average Bonchev–Trinajstić information content (AvgIpc) is 2.39. The van der Waals surface area contributed by atoms with Crippen molar-refractivity contribution in [3.8, 4) is 0 Å². The number of aryl methyl sites for hydroxylation is 2. The number of nitrogens with zero attached hydrogens (tertiary/aromatic N) is 1. The first kappa shape index (κ1) is 15.6. The van der Waals surface area contributed by atoms with Crippen molar-refractivity contribution >= 4 is 33.0 Å². The zero-order valence-corrected chi connectivity index (χ0v) is 13.5. The third-order valence-electron chi connectivity index (χ3n) is 3.26. The molecule has 5 nitrogen and oxygen atoms in total.